The Labute approximate surface area is 198 Å². The number of hydrogen-bond donors (Lipinski definition) is 0. The second-order valence-corrected chi connectivity index (χ2v) is 9.59. The van der Waals surface area contributed by atoms with Gasteiger partial charge in [-0.05, 0) is 36.8 Å². The van der Waals surface area contributed by atoms with E-state index in [0.29, 0.717) is 28.4 Å². The molecule has 0 aliphatic heterocycles. The molecule has 2 aromatic heterocycles. The van der Waals surface area contributed by atoms with Crippen molar-refractivity contribution in [2.24, 2.45) is 0 Å². The van der Waals surface area contributed by atoms with Gasteiger partial charge in [0, 0.05) is 40.4 Å². The van der Waals surface area contributed by atoms with E-state index < -0.39 is 24.0 Å². The average molecular weight is 489 g/mol. The third-order valence-corrected chi connectivity index (χ3v) is 7.63. The first-order valence-corrected chi connectivity index (χ1v) is 12.3. The number of ether oxygens (including phenoxy) is 1. The number of carbonyl (C=O) groups excluding carboxylic acids is 3. The van der Waals surface area contributed by atoms with Crippen LogP contribution in [0.15, 0.2) is 46.5 Å². The molecule has 1 amide bonds. The first kappa shape index (κ1) is 22.6. The van der Waals surface area contributed by atoms with Crippen LogP contribution in [0.2, 0.25) is 5.02 Å². The zero-order chi connectivity index (χ0) is 22.7. The Morgan fingerprint density at radius 1 is 1.22 bits per heavy atom. The highest BCUT2D eigenvalue weighted by Crippen LogP contribution is 2.42. The van der Waals surface area contributed by atoms with E-state index in [2.05, 4.69) is 4.98 Å². The van der Waals surface area contributed by atoms with Gasteiger partial charge in [-0.1, -0.05) is 29.8 Å². The molecule has 4 rings (SSSR count). The summed E-state index contributed by atoms with van der Waals surface area (Å²) in [5, 5.41) is 6.64. The van der Waals surface area contributed by atoms with E-state index in [1.165, 1.54) is 16.2 Å². The van der Waals surface area contributed by atoms with Crippen LogP contribution < -0.4 is 0 Å². The summed E-state index contributed by atoms with van der Waals surface area (Å²) in [6.45, 7) is -0.486. The number of ketones is 1. The van der Waals surface area contributed by atoms with E-state index in [1.807, 2.05) is 16.8 Å². The van der Waals surface area contributed by atoms with Crippen LogP contribution in [0.25, 0.3) is 10.6 Å². The van der Waals surface area contributed by atoms with E-state index in [1.54, 1.807) is 48.0 Å². The lowest BCUT2D eigenvalue weighted by Gasteiger charge is -2.43. The van der Waals surface area contributed by atoms with E-state index in [-0.39, 0.29) is 11.5 Å². The van der Waals surface area contributed by atoms with Crippen molar-refractivity contribution < 1.29 is 19.1 Å². The Balaban J connectivity index is 1.50. The Bertz CT molecular complexity index is 1140. The predicted molar refractivity (Wildman–Crippen MR) is 125 cm³/mol. The second-order valence-electron chi connectivity index (χ2n) is 7.55. The number of halogens is 1. The third kappa shape index (κ3) is 4.22. The molecule has 1 aliphatic carbocycles. The van der Waals surface area contributed by atoms with Crippen LogP contribution in [0.5, 0.6) is 0 Å². The SMILES string of the molecule is CN(C(=O)COC(=O)c1csc(-c2ccsc2)n1)C1(c2ccccc2Cl)CCCCC1=O. The maximum absolute atomic E-state index is 13.1. The van der Waals surface area contributed by atoms with Crippen molar-refractivity contribution in [1.82, 2.24) is 9.88 Å². The largest absolute Gasteiger partial charge is 0.451 e. The molecule has 1 fully saturated rings. The average Bonchev–Trinajstić information content (AvgIpc) is 3.50. The number of aromatic nitrogens is 1. The summed E-state index contributed by atoms with van der Waals surface area (Å²) in [5.74, 6) is -1.20. The fraction of sp³-hybridized carbons (Fsp3) is 0.304. The Morgan fingerprint density at radius 3 is 2.75 bits per heavy atom. The van der Waals surface area contributed by atoms with E-state index in [0.717, 1.165) is 18.4 Å². The van der Waals surface area contributed by atoms with Gasteiger partial charge in [-0.3, -0.25) is 9.59 Å². The molecular weight excluding hydrogens is 468 g/mol. The van der Waals surface area contributed by atoms with E-state index >= 15 is 0 Å². The van der Waals surface area contributed by atoms with E-state index in [9.17, 15) is 14.4 Å². The second kappa shape index (κ2) is 9.52. The maximum atomic E-state index is 13.1. The molecule has 1 saturated carbocycles. The van der Waals surface area contributed by atoms with Gasteiger partial charge in [0.25, 0.3) is 5.91 Å². The minimum Gasteiger partial charge on any atom is -0.451 e. The molecular formula is C23H21ClN2O4S2. The lowest BCUT2D eigenvalue weighted by Crippen LogP contribution is -2.55. The summed E-state index contributed by atoms with van der Waals surface area (Å²) in [7, 11) is 1.57. The molecule has 3 aromatic rings. The predicted octanol–water partition coefficient (Wildman–Crippen LogP) is 5.18. The molecule has 0 spiro atoms. The molecule has 32 heavy (non-hydrogen) atoms. The molecule has 6 nitrogen and oxygen atoms in total. The van der Waals surface area contributed by atoms with Crippen molar-refractivity contribution >= 4 is 51.9 Å². The normalized spacial score (nSPS) is 18.4. The fourth-order valence-corrected chi connectivity index (χ4v) is 5.82. The molecule has 1 aromatic carbocycles. The number of likely N-dealkylation sites (N-methyl/N-ethyl adjacent to an activating group) is 1. The number of hydrogen-bond acceptors (Lipinski definition) is 7. The van der Waals surface area contributed by atoms with Crippen LogP contribution in [0.4, 0.5) is 0 Å². The smallest absolute Gasteiger partial charge is 0.358 e. The van der Waals surface area contributed by atoms with Crippen molar-refractivity contribution in [3.8, 4) is 10.6 Å². The van der Waals surface area contributed by atoms with Crippen molar-refractivity contribution in [3.63, 3.8) is 0 Å². The Kier molecular flexibility index (Phi) is 6.74. The molecule has 9 heteroatoms. The van der Waals surface area contributed by atoms with Gasteiger partial charge in [0.2, 0.25) is 0 Å². The van der Waals surface area contributed by atoms with Gasteiger partial charge in [-0.2, -0.15) is 11.3 Å². The highest BCUT2D eigenvalue weighted by Gasteiger charge is 2.48. The van der Waals surface area contributed by atoms with Gasteiger partial charge in [0.1, 0.15) is 10.5 Å². The number of carbonyl (C=O) groups is 3. The summed E-state index contributed by atoms with van der Waals surface area (Å²) in [6, 6.07) is 9.01. The Morgan fingerprint density at radius 2 is 2.03 bits per heavy atom. The Hall–Kier alpha value is -2.55. The molecule has 0 N–H and O–H groups in total. The minimum atomic E-state index is -1.16. The first-order chi connectivity index (χ1) is 15.4. The standard InChI is InChI=1S/C23H21ClN2O4S2/c1-26(23(10-5-4-8-19(23)27)16-6-2-3-7-17(16)24)20(28)12-30-22(29)18-14-32-21(25-18)15-9-11-31-13-15/h2-3,6-7,9,11,13-14H,4-5,8,10,12H2,1H3. The summed E-state index contributed by atoms with van der Waals surface area (Å²) >= 11 is 9.31. The lowest BCUT2D eigenvalue weighted by atomic mass is 9.74. The number of thiazole rings is 1. The van der Waals surface area contributed by atoms with Crippen molar-refractivity contribution in [2.75, 3.05) is 13.7 Å². The first-order valence-electron chi connectivity index (χ1n) is 10.1. The number of nitrogens with zero attached hydrogens (tertiary/aromatic N) is 2. The van der Waals surface area contributed by atoms with Gasteiger partial charge >= 0.3 is 5.97 Å². The van der Waals surface area contributed by atoms with E-state index in [4.69, 9.17) is 16.3 Å². The quantitative estimate of drug-likeness (QED) is 0.447. The molecule has 0 bridgehead atoms. The zero-order valence-corrected chi connectivity index (χ0v) is 19.8. The van der Waals surface area contributed by atoms with Crippen molar-refractivity contribution in [3.05, 3.63) is 62.8 Å². The van der Waals surface area contributed by atoms with Crippen LogP contribution in [-0.2, 0) is 19.9 Å². The molecule has 0 radical (unpaired) electrons. The number of thiophene rings is 1. The van der Waals surface area contributed by atoms with Crippen molar-refractivity contribution in [1.29, 1.82) is 0 Å². The summed E-state index contributed by atoms with van der Waals surface area (Å²) in [5.41, 5.74) is 0.536. The monoisotopic (exact) mass is 488 g/mol. The fourth-order valence-electron chi connectivity index (χ4n) is 4.03. The molecule has 2 heterocycles. The highest BCUT2D eigenvalue weighted by atomic mass is 35.5. The maximum Gasteiger partial charge on any atom is 0.358 e. The molecule has 1 aliphatic rings. The summed E-state index contributed by atoms with van der Waals surface area (Å²) in [4.78, 5) is 44.3. The van der Waals surface area contributed by atoms with Crippen LogP contribution >= 0.6 is 34.3 Å². The van der Waals surface area contributed by atoms with Crippen LogP contribution in [0.1, 0.15) is 41.7 Å². The van der Waals surface area contributed by atoms with Crippen molar-refractivity contribution in [2.45, 2.75) is 31.2 Å². The van der Waals surface area contributed by atoms with Crippen LogP contribution in [0, 0.1) is 0 Å². The van der Waals surface area contributed by atoms with Crippen LogP contribution in [-0.4, -0.2) is 41.2 Å². The van der Waals surface area contributed by atoms with Gasteiger partial charge < -0.3 is 9.64 Å². The topological polar surface area (TPSA) is 76.6 Å². The summed E-state index contributed by atoms with van der Waals surface area (Å²) < 4.78 is 5.25. The number of benzene rings is 1. The van der Waals surface area contributed by atoms with Gasteiger partial charge in [0.15, 0.2) is 18.1 Å². The molecule has 166 valence electrons. The number of amides is 1. The number of Topliss-reactive ketones (excluding diaryl/α,β-unsaturated/α-hetero) is 1. The van der Waals surface area contributed by atoms with Gasteiger partial charge in [-0.15, -0.1) is 11.3 Å². The number of esters is 1. The van der Waals surface area contributed by atoms with Gasteiger partial charge in [-0.25, -0.2) is 9.78 Å². The third-order valence-electron chi connectivity index (χ3n) is 5.73. The minimum absolute atomic E-state index is 0.0565. The zero-order valence-electron chi connectivity index (χ0n) is 17.4. The molecule has 1 unspecified atom stereocenters. The molecule has 0 saturated heterocycles. The lowest BCUT2D eigenvalue weighted by molar-refractivity contribution is -0.150. The number of rotatable bonds is 6. The molecule has 1 atom stereocenters. The van der Waals surface area contributed by atoms with Gasteiger partial charge in [0.05, 0.1) is 0 Å². The summed E-state index contributed by atoms with van der Waals surface area (Å²) in [6.07, 6.45) is 2.41. The van der Waals surface area contributed by atoms with Crippen LogP contribution in [0.3, 0.4) is 0 Å². The highest BCUT2D eigenvalue weighted by molar-refractivity contribution is 7.14.